The normalized spacial score (nSPS) is 25.4. The number of carbonyl (C=O) groups is 2. The van der Waals surface area contributed by atoms with E-state index in [4.69, 9.17) is 0 Å². The van der Waals surface area contributed by atoms with Crippen LogP contribution in [0.4, 0.5) is 5.69 Å². The Bertz CT molecular complexity index is 1060. The van der Waals surface area contributed by atoms with Crippen LogP contribution in [-0.2, 0) is 9.59 Å². The molecule has 148 valence electrons. The summed E-state index contributed by atoms with van der Waals surface area (Å²) in [5, 5.41) is 10.3. The average Bonchev–Trinajstić information content (AvgIpc) is 3.06. The monoisotopic (exact) mass is 395 g/mol. The highest BCUT2D eigenvalue weighted by atomic mass is 16.3. The molecule has 1 saturated heterocycles. The molecule has 4 heteroatoms. The molecule has 3 aromatic rings. The Balaban J connectivity index is 1.65. The van der Waals surface area contributed by atoms with Crippen molar-refractivity contribution >= 4 is 17.5 Å². The molecule has 4 atom stereocenters. The Kier molecular flexibility index (Phi) is 4.47. The van der Waals surface area contributed by atoms with Crippen LogP contribution in [0.25, 0.3) is 0 Å². The smallest absolute Gasteiger partial charge is 0.238 e. The molecule has 5 rings (SSSR count). The second kappa shape index (κ2) is 7.30. The van der Waals surface area contributed by atoms with Gasteiger partial charge >= 0.3 is 0 Å². The van der Waals surface area contributed by atoms with Crippen molar-refractivity contribution < 1.29 is 14.7 Å². The molecule has 1 aliphatic heterocycles. The van der Waals surface area contributed by atoms with E-state index in [2.05, 4.69) is 12.2 Å². The van der Waals surface area contributed by atoms with Crippen molar-refractivity contribution in [2.45, 2.75) is 11.8 Å². The van der Waals surface area contributed by atoms with Gasteiger partial charge in [0, 0.05) is 11.8 Å². The van der Waals surface area contributed by atoms with Crippen LogP contribution in [-0.4, -0.2) is 16.9 Å². The lowest BCUT2D eigenvalue weighted by molar-refractivity contribution is -0.122. The largest absolute Gasteiger partial charge is 0.506 e. The average molecular weight is 395 g/mol. The maximum Gasteiger partial charge on any atom is 0.238 e. The zero-order valence-corrected chi connectivity index (χ0v) is 16.3. The fourth-order valence-electron chi connectivity index (χ4n) is 4.82. The molecular weight excluding hydrogens is 374 g/mol. The molecule has 0 spiro atoms. The number of allylic oxidation sites excluding steroid dienone is 2. The van der Waals surface area contributed by atoms with Crippen LogP contribution in [0.15, 0.2) is 97.1 Å². The van der Waals surface area contributed by atoms with Gasteiger partial charge < -0.3 is 5.11 Å². The van der Waals surface area contributed by atoms with Crippen LogP contribution < -0.4 is 4.90 Å². The van der Waals surface area contributed by atoms with E-state index in [0.29, 0.717) is 0 Å². The number of hydrogen-bond donors (Lipinski definition) is 1. The number of rotatable bonds is 3. The zero-order valence-electron chi connectivity index (χ0n) is 16.3. The van der Waals surface area contributed by atoms with Crippen molar-refractivity contribution in [3.63, 3.8) is 0 Å². The third-order valence-electron chi connectivity index (χ3n) is 6.19. The number of anilines is 1. The van der Waals surface area contributed by atoms with Gasteiger partial charge in [0.05, 0.1) is 17.5 Å². The molecule has 0 saturated carbocycles. The lowest BCUT2D eigenvalue weighted by Crippen LogP contribution is -2.31. The molecular formula is C26H21NO3. The standard InChI is InChI=1S/C26H21NO3/c28-22-14-8-7-13-21(22)27-25(29)23-19(17-9-3-1-4-10-17)15-16-20(24(23)26(27)30)18-11-5-2-6-12-18/h1-16,19-20,23-24,28H/t19-,20+,23+,24-. The molecule has 0 radical (unpaired) electrons. The molecule has 3 aromatic carbocycles. The van der Waals surface area contributed by atoms with Crippen molar-refractivity contribution in [3.05, 3.63) is 108 Å². The summed E-state index contributed by atoms with van der Waals surface area (Å²) in [4.78, 5) is 28.4. The Morgan fingerprint density at radius 2 is 1.03 bits per heavy atom. The number of para-hydroxylation sites is 2. The Morgan fingerprint density at radius 3 is 1.50 bits per heavy atom. The third kappa shape index (κ3) is 2.84. The van der Waals surface area contributed by atoms with Gasteiger partial charge in [-0.05, 0) is 23.3 Å². The van der Waals surface area contributed by atoms with Gasteiger partial charge in [-0.2, -0.15) is 0 Å². The molecule has 30 heavy (non-hydrogen) atoms. The second-order valence-electron chi connectivity index (χ2n) is 7.81. The van der Waals surface area contributed by atoms with Gasteiger partial charge in [-0.1, -0.05) is 84.9 Å². The summed E-state index contributed by atoms with van der Waals surface area (Å²) in [6.45, 7) is 0. The highest BCUT2D eigenvalue weighted by Crippen LogP contribution is 2.50. The van der Waals surface area contributed by atoms with Gasteiger partial charge in [-0.15, -0.1) is 0 Å². The summed E-state index contributed by atoms with van der Waals surface area (Å²) < 4.78 is 0. The maximum absolute atomic E-state index is 13.6. The van der Waals surface area contributed by atoms with Crippen molar-refractivity contribution in [3.8, 4) is 5.75 Å². The van der Waals surface area contributed by atoms with E-state index in [1.165, 1.54) is 11.0 Å². The number of aromatic hydroxyl groups is 1. The molecule has 1 aliphatic carbocycles. The highest BCUT2D eigenvalue weighted by molar-refractivity contribution is 6.23. The van der Waals surface area contributed by atoms with Crippen molar-refractivity contribution in [1.29, 1.82) is 0 Å². The summed E-state index contributed by atoms with van der Waals surface area (Å²) in [5.41, 5.74) is 2.27. The quantitative estimate of drug-likeness (QED) is 0.519. The Morgan fingerprint density at radius 1 is 0.600 bits per heavy atom. The number of fused-ring (bicyclic) bond motifs is 1. The summed E-state index contributed by atoms with van der Waals surface area (Å²) in [6.07, 6.45) is 4.13. The van der Waals surface area contributed by atoms with E-state index in [0.717, 1.165) is 11.1 Å². The van der Waals surface area contributed by atoms with Gasteiger partial charge in [0.15, 0.2) is 0 Å². The van der Waals surface area contributed by atoms with E-state index < -0.39 is 11.8 Å². The number of nitrogens with zero attached hydrogens (tertiary/aromatic N) is 1. The molecule has 4 nitrogen and oxygen atoms in total. The first-order chi connectivity index (χ1) is 14.7. The van der Waals surface area contributed by atoms with E-state index >= 15 is 0 Å². The van der Waals surface area contributed by atoms with Crippen molar-refractivity contribution in [2.24, 2.45) is 11.8 Å². The highest BCUT2D eigenvalue weighted by Gasteiger charge is 2.55. The number of hydrogen-bond acceptors (Lipinski definition) is 3. The van der Waals surface area contributed by atoms with Gasteiger partial charge in [0.1, 0.15) is 5.75 Å². The van der Waals surface area contributed by atoms with Crippen molar-refractivity contribution in [2.75, 3.05) is 4.90 Å². The van der Waals surface area contributed by atoms with Crippen LogP contribution in [0.3, 0.4) is 0 Å². The van der Waals surface area contributed by atoms with E-state index in [-0.39, 0.29) is 35.1 Å². The molecule has 2 amide bonds. The fourth-order valence-corrected chi connectivity index (χ4v) is 4.82. The molecule has 2 aliphatic rings. The second-order valence-corrected chi connectivity index (χ2v) is 7.81. The van der Waals surface area contributed by atoms with E-state index in [1.807, 2.05) is 60.7 Å². The molecule has 0 unspecified atom stereocenters. The van der Waals surface area contributed by atoms with E-state index in [1.54, 1.807) is 18.2 Å². The molecule has 1 N–H and O–H groups in total. The fraction of sp³-hybridized carbons (Fsp3) is 0.154. The molecule has 0 bridgehead atoms. The van der Waals surface area contributed by atoms with Crippen LogP contribution in [0, 0.1) is 11.8 Å². The lowest BCUT2D eigenvalue weighted by atomic mass is 9.68. The van der Waals surface area contributed by atoms with Crippen LogP contribution in [0.2, 0.25) is 0 Å². The molecule has 1 heterocycles. The van der Waals surface area contributed by atoms with Crippen molar-refractivity contribution in [1.82, 2.24) is 0 Å². The Labute approximate surface area is 175 Å². The summed E-state index contributed by atoms with van der Waals surface area (Å²) in [5.74, 6) is -2.01. The number of phenols is 1. The number of amides is 2. The summed E-state index contributed by atoms with van der Waals surface area (Å²) >= 11 is 0. The minimum atomic E-state index is -0.519. The van der Waals surface area contributed by atoms with Gasteiger partial charge in [-0.25, -0.2) is 4.90 Å². The SMILES string of the molecule is O=C1[C@@H]2[C@H](C(=O)N1c1ccccc1O)[C@H](c1ccccc1)C=C[C@@H]2c1ccccc1. The number of benzene rings is 3. The minimum absolute atomic E-state index is 0.0710. The predicted molar refractivity (Wildman–Crippen MR) is 115 cm³/mol. The van der Waals surface area contributed by atoms with Crippen LogP contribution in [0.5, 0.6) is 5.75 Å². The lowest BCUT2D eigenvalue weighted by Gasteiger charge is -2.32. The van der Waals surface area contributed by atoms with Crippen LogP contribution >= 0.6 is 0 Å². The first-order valence-corrected chi connectivity index (χ1v) is 10.1. The number of imide groups is 1. The van der Waals surface area contributed by atoms with Gasteiger partial charge in [0.25, 0.3) is 0 Å². The number of carbonyl (C=O) groups excluding carboxylic acids is 2. The first kappa shape index (κ1) is 18.4. The Hall–Kier alpha value is -3.66. The summed E-state index contributed by atoms with van der Waals surface area (Å²) in [6, 6.07) is 26.2. The zero-order chi connectivity index (χ0) is 20.7. The first-order valence-electron chi connectivity index (χ1n) is 10.1. The number of phenolic OH excluding ortho intramolecular Hbond substituents is 1. The van der Waals surface area contributed by atoms with Gasteiger partial charge in [-0.3, -0.25) is 9.59 Å². The summed E-state index contributed by atoms with van der Waals surface area (Å²) in [7, 11) is 0. The minimum Gasteiger partial charge on any atom is -0.506 e. The van der Waals surface area contributed by atoms with E-state index in [9.17, 15) is 14.7 Å². The molecule has 1 fully saturated rings. The third-order valence-corrected chi connectivity index (χ3v) is 6.19. The molecule has 0 aromatic heterocycles. The maximum atomic E-state index is 13.6. The topological polar surface area (TPSA) is 57.6 Å². The van der Waals surface area contributed by atoms with Crippen LogP contribution in [0.1, 0.15) is 23.0 Å². The predicted octanol–water partition coefficient (Wildman–Crippen LogP) is 4.64. The van der Waals surface area contributed by atoms with Gasteiger partial charge in [0.2, 0.25) is 11.8 Å².